The van der Waals surface area contributed by atoms with Crippen molar-refractivity contribution in [3.63, 3.8) is 0 Å². The highest BCUT2D eigenvalue weighted by atomic mass is 79.9. The summed E-state index contributed by atoms with van der Waals surface area (Å²) in [6.07, 6.45) is 0. The Hall–Kier alpha value is -1.05. The van der Waals surface area contributed by atoms with Gasteiger partial charge in [0.2, 0.25) is 0 Å². The fourth-order valence-corrected chi connectivity index (χ4v) is 2.80. The lowest BCUT2D eigenvalue weighted by atomic mass is 10.1. The van der Waals surface area contributed by atoms with E-state index in [1.54, 1.807) is 0 Å². The molecule has 0 aliphatic carbocycles. The van der Waals surface area contributed by atoms with Gasteiger partial charge in [-0.2, -0.15) is 5.26 Å². The van der Waals surface area contributed by atoms with Crippen molar-refractivity contribution in [3.8, 4) is 6.07 Å². The number of hydrogen-bond donors (Lipinski definition) is 0. The maximum absolute atomic E-state index is 9.00. The van der Waals surface area contributed by atoms with Gasteiger partial charge in [0.25, 0.3) is 0 Å². The SMILES string of the molecule is CC(C)N1CCN(c2cc(Br)cc(C#N)c2)CC1. The average Bonchev–Trinajstić information content (AvgIpc) is 2.38. The lowest BCUT2D eigenvalue weighted by molar-refractivity contribution is 0.209. The first-order valence-electron chi connectivity index (χ1n) is 6.30. The standard InChI is InChI=1S/C14H18BrN3/c1-11(2)17-3-5-18(6-4-17)14-8-12(10-16)7-13(15)9-14/h7-9,11H,3-6H2,1-2H3. The Morgan fingerprint density at radius 2 is 1.83 bits per heavy atom. The van der Waals surface area contributed by atoms with E-state index in [-0.39, 0.29) is 0 Å². The van der Waals surface area contributed by atoms with Gasteiger partial charge in [0.15, 0.2) is 0 Å². The first kappa shape index (κ1) is 13.4. The fraction of sp³-hybridized carbons (Fsp3) is 0.500. The minimum absolute atomic E-state index is 0.615. The van der Waals surface area contributed by atoms with Gasteiger partial charge in [-0.15, -0.1) is 0 Å². The van der Waals surface area contributed by atoms with Crippen molar-refractivity contribution < 1.29 is 0 Å². The number of nitriles is 1. The fourth-order valence-electron chi connectivity index (χ4n) is 2.32. The molecular formula is C14H18BrN3. The predicted octanol–water partition coefficient (Wildman–Crippen LogP) is 2.85. The Kier molecular flexibility index (Phi) is 4.26. The van der Waals surface area contributed by atoms with Crippen molar-refractivity contribution >= 4 is 21.6 Å². The molecule has 18 heavy (non-hydrogen) atoms. The van der Waals surface area contributed by atoms with E-state index in [0.29, 0.717) is 11.6 Å². The number of rotatable bonds is 2. The number of nitrogens with zero attached hydrogens (tertiary/aromatic N) is 3. The number of halogens is 1. The van der Waals surface area contributed by atoms with E-state index in [0.717, 1.165) is 36.3 Å². The Bertz CT molecular complexity index is 457. The van der Waals surface area contributed by atoms with Gasteiger partial charge in [-0.05, 0) is 32.0 Å². The molecule has 4 heteroatoms. The summed E-state index contributed by atoms with van der Waals surface area (Å²) in [5, 5.41) is 9.00. The van der Waals surface area contributed by atoms with Crippen molar-refractivity contribution in [3.05, 3.63) is 28.2 Å². The second-order valence-corrected chi connectivity index (χ2v) is 5.84. The number of benzene rings is 1. The monoisotopic (exact) mass is 307 g/mol. The van der Waals surface area contributed by atoms with Gasteiger partial charge >= 0.3 is 0 Å². The quantitative estimate of drug-likeness (QED) is 0.841. The van der Waals surface area contributed by atoms with Crippen LogP contribution in [0, 0.1) is 11.3 Å². The molecule has 3 nitrogen and oxygen atoms in total. The normalized spacial score (nSPS) is 16.9. The first-order chi connectivity index (χ1) is 8.60. The van der Waals surface area contributed by atoms with Crippen molar-refractivity contribution in [2.75, 3.05) is 31.1 Å². The summed E-state index contributed by atoms with van der Waals surface area (Å²) in [6.45, 7) is 8.71. The van der Waals surface area contributed by atoms with Crippen molar-refractivity contribution in [1.82, 2.24) is 4.90 Å². The maximum Gasteiger partial charge on any atom is 0.0992 e. The molecule has 0 spiro atoms. The van der Waals surface area contributed by atoms with E-state index in [2.05, 4.69) is 51.7 Å². The Labute approximate surface area is 117 Å². The summed E-state index contributed by atoms with van der Waals surface area (Å²) in [5.74, 6) is 0. The number of anilines is 1. The summed E-state index contributed by atoms with van der Waals surface area (Å²) in [4.78, 5) is 4.84. The van der Waals surface area contributed by atoms with Gasteiger partial charge in [0, 0.05) is 42.4 Å². The van der Waals surface area contributed by atoms with E-state index < -0.39 is 0 Å². The molecule has 0 N–H and O–H groups in total. The van der Waals surface area contributed by atoms with E-state index in [1.165, 1.54) is 0 Å². The zero-order valence-electron chi connectivity index (χ0n) is 10.9. The molecule has 0 atom stereocenters. The van der Waals surface area contributed by atoms with E-state index in [1.807, 2.05) is 12.1 Å². The second kappa shape index (κ2) is 5.73. The molecule has 96 valence electrons. The molecule has 1 aromatic carbocycles. The van der Waals surface area contributed by atoms with Crippen LogP contribution >= 0.6 is 15.9 Å². The van der Waals surface area contributed by atoms with Gasteiger partial charge in [0.05, 0.1) is 11.6 Å². The molecule has 1 aromatic rings. The molecule has 0 aromatic heterocycles. The topological polar surface area (TPSA) is 30.3 Å². The molecule has 1 aliphatic heterocycles. The van der Waals surface area contributed by atoms with Gasteiger partial charge < -0.3 is 4.90 Å². The Morgan fingerprint density at radius 1 is 1.17 bits per heavy atom. The second-order valence-electron chi connectivity index (χ2n) is 4.93. The van der Waals surface area contributed by atoms with Crippen LogP contribution in [0.3, 0.4) is 0 Å². The third-order valence-corrected chi connectivity index (χ3v) is 3.88. The first-order valence-corrected chi connectivity index (χ1v) is 7.09. The molecule has 0 radical (unpaired) electrons. The van der Waals surface area contributed by atoms with Crippen LogP contribution in [0.2, 0.25) is 0 Å². The molecule has 0 amide bonds. The molecule has 1 fully saturated rings. The number of piperazine rings is 1. The molecule has 1 heterocycles. The highest BCUT2D eigenvalue weighted by Gasteiger charge is 2.19. The van der Waals surface area contributed by atoms with Crippen LogP contribution < -0.4 is 4.90 Å². The van der Waals surface area contributed by atoms with Crippen LogP contribution in [0.5, 0.6) is 0 Å². The zero-order valence-corrected chi connectivity index (χ0v) is 12.4. The molecular weight excluding hydrogens is 290 g/mol. The van der Waals surface area contributed by atoms with Gasteiger partial charge in [-0.1, -0.05) is 15.9 Å². The summed E-state index contributed by atoms with van der Waals surface area (Å²) in [7, 11) is 0. The minimum Gasteiger partial charge on any atom is -0.369 e. The van der Waals surface area contributed by atoms with Crippen LogP contribution in [0.4, 0.5) is 5.69 Å². The van der Waals surface area contributed by atoms with Crippen LogP contribution in [0.25, 0.3) is 0 Å². The molecule has 1 saturated heterocycles. The molecule has 0 bridgehead atoms. The summed E-state index contributed by atoms with van der Waals surface area (Å²) in [5.41, 5.74) is 1.86. The van der Waals surface area contributed by atoms with Crippen molar-refractivity contribution in [1.29, 1.82) is 5.26 Å². The molecule has 2 rings (SSSR count). The Balaban J connectivity index is 2.10. The van der Waals surface area contributed by atoms with Gasteiger partial charge in [-0.3, -0.25) is 4.90 Å². The van der Waals surface area contributed by atoms with Crippen molar-refractivity contribution in [2.45, 2.75) is 19.9 Å². The zero-order chi connectivity index (χ0) is 13.1. The summed E-state index contributed by atoms with van der Waals surface area (Å²) < 4.78 is 0.975. The number of hydrogen-bond acceptors (Lipinski definition) is 3. The summed E-state index contributed by atoms with van der Waals surface area (Å²) in [6, 6.07) is 8.73. The summed E-state index contributed by atoms with van der Waals surface area (Å²) >= 11 is 3.47. The van der Waals surface area contributed by atoms with Crippen LogP contribution in [0.1, 0.15) is 19.4 Å². The van der Waals surface area contributed by atoms with Gasteiger partial charge in [-0.25, -0.2) is 0 Å². The van der Waals surface area contributed by atoms with E-state index >= 15 is 0 Å². The lowest BCUT2D eigenvalue weighted by Crippen LogP contribution is -2.48. The maximum atomic E-state index is 9.00. The molecule has 0 unspecified atom stereocenters. The third-order valence-electron chi connectivity index (χ3n) is 3.42. The average molecular weight is 308 g/mol. The Morgan fingerprint density at radius 3 is 2.39 bits per heavy atom. The van der Waals surface area contributed by atoms with Crippen LogP contribution in [0.15, 0.2) is 22.7 Å². The predicted molar refractivity (Wildman–Crippen MR) is 77.8 cm³/mol. The van der Waals surface area contributed by atoms with E-state index in [4.69, 9.17) is 5.26 Å². The highest BCUT2D eigenvalue weighted by molar-refractivity contribution is 9.10. The van der Waals surface area contributed by atoms with Crippen LogP contribution in [-0.4, -0.2) is 37.1 Å². The smallest absolute Gasteiger partial charge is 0.0992 e. The molecule has 0 saturated carbocycles. The third kappa shape index (κ3) is 3.04. The van der Waals surface area contributed by atoms with E-state index in [9.17, 15) is 0 Å². The lowest BCUT2D eigenvalue weighted by Gasteiger charge is -2.38. The highest BCUT2D eigenvalue weighted by Crippen LogP contribution is 2.24. The largest absolute Gasteiger partial charge is 0.369 e. The van der Waals surface area contributed by atoms with Crippen LogP contribution in [-0.2, 0) is 0 Å². The van der Waals surface area contributed by atoms with Gasteiger partial charge in [0.1, 0.15) is 0 Å². The minimum atomic E-state index is 0.615. The molecule has 1 aliphatic rings. The van der Waals surface area contributed by atoms with Crippen molar-refractivity contribution in [2.24, 2.45) is 0 Å².